The van der Waals surface area contributed by atoms with E-state index in [9.17, 15) is 4.79 Å². The lowest BCUT2D eigenvalue weighted by atomic mass is 10.1. The smallest absolute Gasteiger partial charge is 0.232 e. The molecule has 1 heterocycles. The van der Waals surface area contributed by atoms with E-state index in [-0.39, 0.29) is 11.9 Å². The molecule has 3 N–H and O–H groups in total. The second kappa shape index (κ2) is 6.69. The van der Waals surface area contributed by atoms with Crippen molar-refractivity contribution in [3.05, 3.63) is 41.6 Å². The zero-order valence-electron chi connectivity index (χ0n) is 12.1. The average Bonchev–Trinajstić information content (AvgIpc) is 2.45. The Hall–Kier alpha value is -2.63. The highest BCUT2D eigenvalue weighted by atomic mass is 16.5. The summed E-state index contributed by atoms with van der Waals surface area (Å²) in [5.41, 5.74) is 8.22. The Bertz CT molecular complexity index is 643. The zero-order valence-corrected chi connectivity index (χ0v) is 12.1. The van der Waals surface area contributed by atoms with Crippen LogP contribution in [0.1, 0.15) is 17.7 Å². The maximum Gasteiger partial charge on any atom is 0.232 e. The molecule has 0 fully saturated rings. The number of carbonyl (C=O) groups excluding carboxylic acids is 1. The number of para-hydroxylation sites is 1. The molecule has 0 saturated heterocycles. The molecule has 0 radical (unpaired) electrons. The minimum absolute atomic E-state index is 0.161. The second-order valence-corrected chi connectivity index (χ2v) is 4.62. The van der Waals surface area contributed by atoms with Crippen molar-refractivity contribution in [1.29, 1.82) is 0 Å². The van der Waals surface area contributed by atoms with Gasteiger partial charge in [0.15, 0.2) is 0 Å². The molecule has 0 aliphatic rings. The summed E-state index contributed by atoms with van der Waals surface area (Å²) in [6.45, 7) is 1.81. The Labute approximate surface area is 123 Å². The largest absolute Gasteiger partial charge is 0.481 e. The van der Waals surface area contributed by atoms with E-state index in [0.29, 0.717) is 24.4 Å². The molecule has 0 saturated carbocycles. The van der Waals surface area contributed by atoms with Crippen molar-refractivity contribution in [3.8, 4) is 5.88 Å². The highest BCUT2D eigenvalue weighted by Gasteiger charge is 2.08. The Morgan fingerprint density at radius 3 is 2.81 bits per heavy atom. The molecule has 21 heavy (non-hydrogen) atoms. The van der Waals surface area contributed by atoms with Crippen LogP contribution in [0.25, 0.3) is 0 Å². The molecular weight excluding hydrogens is 268 g/mol. The monoisotopic (exact) mass is 286 g/mol. The Balaban J connectivity index is 1.96. The van der Waals surface area contributed by atoms with Gasteiger partial charge in [0.1, 0.15) is 0 Å². The van der Waals surface area contributed by atoms with E-state index in [1.165, 1.54) is 7.11 Å². The molecule has 6 nitrogen and oxygen atoms in total. The number of amides is 1. The number of nitrogens with one attached hydrogen (secondary N) is 1. The summed E-state index contributed by atoms with van der Waals surface area (Å²) in [4.78, 5) is 20.2. The molecule has 0 unspecified atom stereocenters. The number of nitrogen functional groups attached to an aromatic ring is 1. The Morgan fingerprint density at radius 1 is 1.33 bits per heavy atom. The number of hydrogen-bond donors (Lipinski definition) is 2. The van der Waals surface area contributed by atoms with Gasteiger partial charge < -0.3 is 10.5 Å². The van der Waals surface area contributed by atoms with Crippen molar-refractivity contribution in [3.63, 3.8) is 0 Å². The van der Waals surface area contributed by atoms with Crippen LogP contribution in [0.5, 0.6) is 5.88 Å². The maximum absolute atomic E-state index is 11.9. The predicted octanol–water partition coefficient (Wildman–Crippen LogP) is 1.95. The number of aromatic nitrogens is 2. The number of carbonyl (C=O) groups is 1. The van der Waals surface area contributed by atoms with Crippen molar-refractivity contribution in [2.45, 2.75) is 19.8 Å². The molecule has 2 rings (SSSR count). The molecule has 1 amide bonds. The molecule has 0 bridgehead atoms. The molecule has 0 aliphatic heterocycles. The van der Waals surface area contributed by atoms with Crippen molar-refractivity contribution in [1.82, 2.24) is 9.97 Å². The summed E-state index contributed by atoms with van der Waals surface area (Å²) in [6.07, 6.45) is 0.884. The zero-order chi connectivity index (χ0) is 15.2. The SMILES string of the molecule is COc1cc(C)nc(NC(=O)CCc2ccccc2N)n1. The predicted molar refractivity (Wildman–Crippen MR) is 81.1 cm³/mol. The molecular formula is C15H18N4O2. The van der Waals surface area contributed by atoms with Gasteiger partial charge in [-0.25, -0.2) is 4.98 Å². The summed E-state index contributed by atoms with van der Waals surface area (Å²) >= 11 is 0. The fraction of sp³-hybridized carbons (Fsp3) is 0.267. The van der Waals surface area contributed by atoms with Gasteiger partial charge in [0.05, 0.1) is 7.11 Å². The molecule has 0 spiro atoms. The average molecular weight is 286 g/mol. The minimum atomic E-state index is -0.161. The van der Waals surface area contributed by atoms with Crippen molar-refractivity contribution in [2.75, 3.05) is 18.2 Å². The van der Waals surface area contributed by atoms with Crippen LogP contribution >= 0.6 is 0 Å². The van der Waals surface area contributed by atoms with Gasteiger partial charge in [0.2, 0.25) is 17.7 Å². The van der Waals surface area contributed by atoms with E-state index < -0.39 is 0 Å². The lowest BCUT2D eigenvalue weighted by Gasteiger charge is -2.07. The molecule has 2 aromatic rings. The Kier molecular flexibility index (Phi) is 4.71. The number of hydrogen-bond acceptors (Lipinski definition) is 5. The van der Waals surface area contributed by atoms with Gasteiger partial charge in [-0.15, -0.1) is 0 Å². The van der Waals surface area contributed by atoms with Gasteiger partial charge in [-0.3, -0.25) is 10.1 Å². The molecule has 0 aliphatic carbocycles. The normalized spacial score (nSPS) is 10.2. The van der Waals surface area contributed by atoms with Crippen LogP contribution in [-0.2, 0) is 11.2 Å². The van der Waals surface area contributed by atoms with E-state index in [4.69, 9.17) is 10.5 Å². The second-order valence-electron chi connectivity index (χ2n) is 4.62. The number of ether oxygens (including phenoxy) is 1. The standard InChI is InChI=1S/C15H18N4O2/c1-10-9-14(21-2)19-15(17-10)18-13(20)8-7-11-5-3-4-6-12(11)16/h3-6,9H,7-8,16H2,1-2H3,(H,17,18,19,20). The number of nitrogens with zero attached hydrogens (tertiary/aromatic N) is 2. The van der Waals surface area contributed by atoms with Gasteiger partial charge in [-0.1, -0.05) is 18.2 Å². The molecule has 110 valence electrons. The van der Waals surface area contributed by atoms with E-state index >= 15 is 0 Å². The van der Waals surface area contributed by atoms with Crippen LogP contribution in [0.15, 0.2) is 30.3 Å². The summed E-state index contributed by atoms with van der Waals surface area (Å²) in [5.74, 6) is 0.508. The molecule has 1 aromatic heterocycles. The number of anilines is 2. The first-order chi connectivity index (χ1) is 10.1. The summed E-state index contributed by atoms with van der Waals surface area (Å²) < 4.78 is 5.04. The van der Waals surface area contributed by atoms with E-state index in [0.717, 1.165) is 11.3 Å². The fourth-order valence-corrected chi connectivity index (χ4v) is 1.90. The lowest BCUT2D eigenvalue weighted by Crippen LogP contribution is -2.15. The molecule has 1 aromatic carbocycles. The number of nitrogens with two attached hydrogens (primary N) is 1. The highest BCUT2D eigenvalue weighted by Crippen LogP contribution is 2.14. The van der Waals surface area contributed by atoms with Gasteiger partial charge in [-0.2, -0.15) is 4.98 Å². The van der Waals surface area contributed by atoms with Crippen LogP contribution in [0.4, 0.5) is 11.6 Å². The van der Waals surface area contributed by atoms with Gasteiger partial charge in [-0.05, 0) is 25.0 Å². The third-order valence-corrected chi connectivity index (χ3v) is 2.97. The van der Waals surface area contributed by atoms with Crippen molar-refractivity contribution in [2.24, 2.45) is 0 Å². The van der Waals surface area contributed by atoms with Crippen LogP contribution in [0.3, 0.4) is 0 Å². The highest BCUT2D eigenvalue weighted by molar-refractivity contribution is 5.89. The minimum Gasteiger partial charge on any atom is -0.481 e. The van der Waals surface area contributed by atoms with Crippen LogP contribution in [-0.4, -0.2) is 23.0 Å². The van der Waals surface area contributed by atoms with Crippen molar-refractivity contribution >= 4 is 17.5 Å². The quantitative estimate of drug-likeness (QED) is 0.820. The first-order valence-corrected chi connectivity index (χ1v) is 6.61. The summed E-state index contributed by atoms with van der Waals surface area (Å²) in [7, 11) is 1.52. The third-order valence-electron chi connectivity index (χ3n) is 2.97. The topological polar surface area (TPSA) is 90.1 Å². The van der Waals surface area contributed by atoms with Crippen molar-refractivity contribution < 1.29 is 9.53 Å². The van der Waals surface area contributed by atoms with Gasteiger partial charge in [0, 0.05) is 23.9 Å². The Morgan fingerprint density at radius 2 is 2.10 bits per heavy atom. The van der Waals surface area contributed by atoms with E-state index in [2.05, 4.69) is 15.3 Å². The summed E-state index contributed by atoms with van der Waals surface area (Å²) in [6, 6.07) is 9.20. The maximum atomic E-state index is 11.9. The third kappa shape index (κ3) is 4.17. The first-order valence-electron chi connectivity index (χ1n) is 6.61. The fourth-order valence-electron chi connectivity index (χ4n) is 1.90. The van der Waals surface area contributed by atoms with Crippen LogP contribution in [0, 0.1) is 6.92 Å². The van der Waals surface area contributed by atoms with E-state index in [1.807, 2.05) is 31.2 Å². The first kappa shape index (κ1) is 14.8. The number of rotatable bonds is 5. The molecule has 6 heteroatoms. The number of benzene rings is 1. The number of methoxy groups -OCH3 is 1. The summed E-state index contributed by atoms with van der Waals surface area (Å²) in [5, 5.41) is 2.67. The van der Waals surface area contributed by atoms with E-state index in [1.54, 1.807) is 6.07 Å². The number of aryl methyl sites for hydroxylation is 2. The van der Waals surface area contributed by atoms with Gasteiger partial charge >= 0.3 is 0 Å². The molecule has 0 atom stereocenters. The van der Waals surface area contributed by atoms with Gasteiger partial charge in [0.25, 0.3) is 0 Å². The van der Waals surface area contributed by atoms with Crippen LogP contribution < -0.4 is 15.8 Å². The van der Waals surface area contributed by atoms with Crippen LogP contribution in [0.2, 0.25) is 0 Å². The lowest BCUT2D eigenvalue weighted by molar-refractivity contribution is -0.116.